The predicted octanol–water partition coefficient (Wildman–Crippen LogP) is 9.50. The van der Waals surface area contributed by atoms with Gasteiger partial charge in [0.15, 0.2) is 19.8 Å². The molecule has 1 fully saturated rings. The molecule has 0 saturated carbocycles. The van der Waals surface area contributed by atoms with E-state index in [2.05, 4.69) is 77.4 Å². The Kier molecular flexibility index (Phi) is 12.8. The van der Waals surface area contributed by atoms with E-state index in [1.807, 2.05) is 63.4 Å². The summed E-state index contributed by atoms with van der Waals surface area (Å²) in [6.07, 6.45) is 6.41. The zero-order valence-corrected chi connectivity index (χ0v) is 37.2. The van der Waals surface area contributed by atoms with Gasteiger partial charge in [0, 0.05) is 18.8 Å². The van der Waals surface area contributed by atoms with Gasteiger partial charge in [0.25, 0.3) is 0 Å². The Balaban J connectivity index is 1.14. The number of carbonyl (C=O) groups excluding carboxylic acids is 1. The molecule has 2 aromatic heterocycles. The van der Waals surface area contributed by atoms with Gasteiger partial charge in [-0.3, -0.25) is 14.0 Å². The van der Waals surface area contributed by atoms with Gasteiger partial charge in [0.2, 0.25) is 10.0 Å². The number of aromatic nitrogens is 3. The van der Waals surface area contributed by atoms with Gasteiger partial charge in [-0.25, -0.2) is 13.2 Å². The fourth-order valence-corrected chi connectivity index (χ4v) is 15.3. The molecule has 2 aromatic carbocycles. The third-order valence-corrected chi connectivity index (χ3v) is 18.6. The summed E-state index contributed by atoms with van der Waals surface area (Å²) in [4.78, 5) is 16.0. The Morgan fingerprint density at radius 2 is 1.60 bits per heavy atom. The minimum absolute atomic E-state index is 0.152. The summed E-state index contributed by atoms with van der Waals surface area (Å²) in [5.74, 6) is 1.67. The second kappa shape index (κ2) is 17.1. The molecule has 1 aliphatic carbocycles. The maximum absolute atomic E-state index is 13.5. The highest BCUT2D eigenvalue weighted by atomic mass is 32.2. The largest absolute Gasteiger partial charge is 0.484 e. The van der Waals surface area contributed by atoms with Gasteiger partial charge >= 0.3 is 6.03 Å². The van der Waals surface area contributed by atoms with E-state index < -0.39 is 18.3 Å². The van der Waals surface area contributed by atoms with Crippen molar-refractivity contribution in [2.24, 2.45) is 0 Å². The first-order chi connectivity index (χ1) is 26.9. The van der Waals surface area contributed by atoms with E-state index in [9.17, 15) is 13.2 Å². The van der Waals surface area contributed by atoms with Crippen LogP contribution in [-0.4, -0.2) is 68.2 Å². The van der Waals surface area contributed by atoms with Crippen LogP contribution < -0.4 is 20.1 Å². The molecule has 0 bridgehead atoms. The summed E-state index contributed by atoms with van der Waals surface area (Å²) >= 11 is 0. The first-order valence-corrected chi connectivity index (χ1v) is 24.6. The van der Waals surface area contributed by atoms with Crippen molar-refractivity contribution in [3.05, 3.63) is 83.3 Å². The number of urea groups is 1. The number of anilines is 2. The number of nitrogens with one attached hydrogen (secondary N) is 3. The molecular weight excluding hydrogens is 755 g/mol. The van der Waals surface area contributed by atoms with E-state index in [0.29, 0.717) is 40.8 Å². The number of benzene rings is 2. The van der Waals surface area contributed by atoms with Crippen molar-refractivity contribution in [1.82, 2.24) is 24.8 Å². The van der Waals surface area contributed by atoms with Crippen LogP contribution in [0.4, 0.5) is 16.2 Å². The second-order valence-electron chi connectivity index (χ2n) is 17.9. The van der Waals surface area contributed by atoms with Crippen LogP contribution in [0.1, 0.15) is 129 Å². The Hall–Kier alpha value is -3.98. The molecule has 2 aliphatic rings. The van der Waals surface area contributed by atoms with E-state index in [1.165, 1.54) is 0 Å². The lowest BCUT2D eigenvalue weighted by atomic mass is 9.85. The number of hydrogen-bond acceptors (Lipinski definition) is 8. The Labute approximate surface area is 340 Å². The van der Waals surface area contributed by atoms with Crippen molar-refractivity contribution in [2.45, 2.75) is 128 Å². The van der Waals surface area contributed by atoms with Crippen molar-refractivity contribution in [1.29, 1.82) is 0 Å². The second-order valence-corrected chi connectivity index (χ2v) is 25.1. The quantitative estimate of drug-likeness (QED) is 0.107. The van der Waals surface area contributed by atoms with Crippen molar-refractivity contribution in [2.75, 3.05) is 36.0 Å². The zero-order chi connectivity index (χ0) is 41.3. The number of nitrogens with zero attached hydrogens (tertiary/aromatic N) is 4. The highest BCUT2D eigenvalue weighted by Gasteiger charge is 2.45. The van der Waals surface area contributed by atoms with Gasteiger partial charge in [-0.2, -0.15) is 0 Å². The molecule has 6 rings (SSSR count). The summed E-state index contributed by atoms with van der Waals surface area (Å²) in [5.41, 5.74) is 5.98. The number of ether oxygens (including phenoxy) is 1. The van der Waals surface area contributed by atoms with Crippen LogP contribution in [0.15, 0.2) is 60.8 Å². The van der Waals surface area contributed by atoms with Crippen molar-refractivity contribution >= 4 is 41.4 Å². The van der Waals surface area contributed by atoms with Gasteiger partial charge in [0.05, 0.1) is 30.2 Å². The van der Waals surface area contributed by atoms with Gasteiger partial charge in [0.1, 0.15) is 11.9 Å². The molecule has 2 amide bonds. The molecule has 1 aliphatic heterocycles. The molecule has 12 nitrogen and oxygen atoms in total. The SMILES string of the molecule is CC(C)[Si](OCCN1CCC[C@H]1c1nnc2ccc(O[C@@H]3CC[C@H](NC(=O)Nc4cc(NS(C)(=O)=O)cc(C(C)(C)C)c4)c4ccccc43)cn12)(C(C)C)C(C)C. The van der Waals surface area contributed by atoms with Crippen LogP contribution >= 0.6 is 0 Å². The summed E-state index contributed by atoms with van der Waals surface area (Å²) < 4.78 is 42.3. The van der Waals surface area contributed by atoms with E-state index in [4.69, 9.17) is 14.3 Å². The molecule has 3 atom stereocenters. The average molecular weight is 818 g/mol. The van der Waals surface area contributed by atoms with Crippen LogP contribution in [-0.2, 0) is 19.9 Å². The van der Waals surface area contributed by atoms with Crippen LogP contribution in [0.5, 0.6) is 5.75 Å². The molecular formula is C43H63N7O5SSi. The number of carbonyl (C=O) groups is 1. The standard InChI is InChI=1S/C43H63N7O5SSi/c1-28(2)57(29(3)4,30(5)6)54-23-22-49-21-13-16-38(49)41-47-46-40-20-17-34(27-50(40)41)55-39-19-18-37(35-14-11-12-15-36(35)39)45-42(51)44-32-24-31(43(7,8)9)25-33(26-32)48-56(10,52)53/h11-12,14-15,17,20,24-30,37-39,48H,13,16,18-19,21-23H2,1-10H3,(H2,44,45,51)/t37-,38-,39+/m0/s1. The van der Waals surface area contributed by atoms with Crippen molar-refractivity contribution < 1.29 is 22.4 Å². The fourth-order valence-electron chi connectivity index (χ4n) is 9.33. The number of hydrogen-bond donors (Lipinski definition) is 3. The Bertz CT molecular complexity index is 2130. The number of amides is 2. The van der Waals surface area contributed by atoms with Gasteiger partial charge in [-0.15, -0.1) is 10.2 Å². The Morgan fingerprint density at radius 3 is 2.26 bits per heavy atom. The Morgan fingerprint density at radius 1 is 0.912 bits per heavy atom. The third-order valence-electron chi connectivity index (χ3n) is 11.9. The van der Waals surface area contributed by atoms with Crippen LogP contribution in [0.25, 0.3) is 5.65 Å². The maximum Gasteiger partial charge on any atom is 0.319 e. The lowest BCUT2D eigenvalue weighted by Gasteiger charge is -2.42. The third kappa shape index (κ3) is 9.67. The molecule has 0 spiro atoms. The number of likely N-dealkylation sites (tertiary alicyclic amines) is 1. The summed E-state index contributed by atoms with van der Waals surface area (Å²) in [5, 5.41) is 15.4. The monoisotopic (exact) mass is 817 g/mol. The van der Waals surface area contributed by atoms with Crippen LogP contribution in [0.3, 0.4) is 0 Å². The van der Waals surface area contributed by atoms with E-state index in [-0.39, 0.29) is 29.6 Å². The van der Waals surface area contributed by atoms with Crippen LogP contribution in [0.2, 0.25) is 16.6 Å². The molecule has 0 unspecified atom stereocenters. The summed E-state index contributed by atoms with van der Waals surface area (Å²) in [6.45, 7) is 22.7. The van der Waals surface area contributed by atoms with E-state index >= 15 is 0 Å². The summed E-state index contributed by atoms with van der Waals surface area (Å²) in [6, 6.07) is 16.9. The fraction of sp³-hybridized carbons (Fsp3) is 0.558. The molecule has 0 radical (unpaired) electrons. The van der Waals surface area contributed by atoms with Crippen molar-refractivity contribution in [3.63, 3.8) is 0 Å². The molecule has 57 heavy (non-hydrogen) atoms. The smallest absolute Gasteiger partial charge is 0.319 e. The van der Waals surface area contributed by atoms with E-state index in [0.717, 1.165) is 72.7 Å². The van der Waals surface area contributed by atoms with Gasteiger partial charge < -0.3 is 19.8 Å². The number of sulfonamides is 1. The number of pyridine rings is 1. The molecule has 1 saturated heterocycles. The minimum Gasteiger partial charge on any atom is -0.484 e. The average Bonchev–Trinajstić information content (AvgIpc) is 3.76. The van der Waals surface area contributed by atoms with Gasteiger partial charge in [-0.1, -0.05) is 86.6 Å². The van der Waals surface area contributed by atoms with Crippen LogP contribution in [0, 0.1) is 0 Å². The zero-order valence-electron chi connectivity index (χ0n) is 35.4. The van der Waals surface area contributed by atoms with Gasteiger partial charge in [-0.05, 0) is 101 Å². The summed E-state index contributed by atoms with van der Waals surface area (Å²) in [7, 11) is -5.45. The highest BCUT2D eigenvalue weighted by Crippen LogP contribution is 2.43. The van der Waals surface area contributed by atoms with Crippen molar-refractivity contribution in [3.8, 4) is 5.75 Å². The maximum atomic E-state index is 13.5. The normalized spacial score (nSPS) is 19.4. The lowest BCUT2D eigenvalue weighted by Crippen LogP contribution is -2.49. The molecule has 3 heterocycles. The molecule has 4 aromatic rings. The number of fused-ring (bicyclic) bond motifs is 2. The molecule has 310 valence electrons. The first-order valence-electron chi connectivity index (χ1n) is 20.5. The number of rotatable bonds is 14. The lowest BCUT2D eigenvalue weighted by molar-refractivity contribution is 0.171. The first kappa shape index (κ1) is 42.6. The van der Waals surface area contributed by atoms with E-state index in [1.54, 1.807) is 12.1 Å². The highest BCUT2D eigenvalue weighted by molar-refractivity contribution is 7.92. The molecule has 14 heteroatoms. The topological polar surface area (TPSA) is 139 Å². The molecule has 3 N–H and O–H groups in total. The minimum atomic E-state index is -3.50. The predicted molar refractivity (Wildman–Crippen MR) is 231 cm³/mol.